The lowest BCUT2D eigenvalue weighted by Gasteiger charge is -2.33. The van der Waals surface area contributed by atoms with Gasteiger partial charge in [-0.15, -0.1) is 0 Å². The first-order valence-electron chi connectivity index (χ1n) is 9.94. The number of nitrogens with zero attached hydrogens (tertiary/aromatic N) is 2. The summed E-state index contributed by atoms with van der Waals surface area (Å²) in [7, 11) is 1.61. The van der Waals surface area contributed by atoms with Crippen molar-refractivity contribution in [1.29, 1.82) is 0 Å². The molecule has 28 heavy (non-hydrogen) atoms. The molecule has 0 N–H and O–H groups in total. The van der Waals surface area contributed by atoms with Crippen LogP contribution in [-0.2, 0) is 9.59 Å². The topological polar surface area (TPSA) is 49.9 Å². The quantitative estimate of drug-likeness (QED) is 0.819. The molecule has 146 valence electrons. The molecule has 0 aliphatic carbocycles. The van der Waals surface area contributed by atoms with Crippen molar-refractivity contribution in [3.05, 3.63) is 60.2 Å². The molecule has 2 aliphatic rings. The Morgan fingerprint density at radius 2 is 1.79 bits per heavy atom. The molecule has 5 heteroatoms. The smallest absolute Gasteiger partial charge is 0.228 e. The molecule has 0 aromatic heterocycles. The Balaban J connectivity index is 1.37. The van der Waals surface area contributed by atoms with Crippen molar-refractivity contribution in [3.8, 4) is 5.75 Å². The van der Waals surface area contributed by atoms with Crippen molar-refractivity contribution in [2.24, 2.45) is 5.92 Å². The lowest BCUT2D eigenvalue weighted by Crippen LogP contribution is -2.42. The van der Waals surface area contributed by atoms with E-state index in [1.165, 1.54) is 5.56 Å². The minimum atomic E-state index is -0.257. The fourth-order valence-corrected chi connectivity index (χ4v) is 4.32. The third-order valence-electron chi connectivity index (χ3n) is 5.92. The molecule has 2 aromatic rings. The predicted octanol–water partition coefficient (Wildman–Crippen LogP) is 3.45. The molecule has 0 saturated carbocycles. The van der Waals surface area contributed by atoms with Gasteiger partial charge in [0.05, 0.1) is 13.0 Å². The molecule has 0 spiro atoms. The molecular weight excluding hydrogens is 352 g/mol. The van der Waals surface area contributed by atoms with Crippen LogP contribution >= 0.6 is 0 Å². The van der Waals surface area contributed by atoms with Gasteiger partial charge in [0.25, 0.3) is 0 Å². The molecule has 2 fully saturated rings. The largest absolute Gasteiger partial charge is 0.497 e. The number of methoxy groups -OCH3 is 1. The first-order valence-corrected chi connectivity index (χ1v) is 9.94. The Bertz CT molecular complexity index is 844. The SMILES string of the molecule is COc1cccc(N2CC(C(=O)N3CCC(c4ccccc4)CC3)CC2=O)c1. The number of amides is 2. The van der Waals surface area contributed by atoms with Crippen molar-refractivity contribution in [1.82, 2.24) is 4.90 Å². The maximum Gasteiger partial charge on any atom is 0.228 e. The van der Waals surface area contributed by atoms with Gasteiger partial charge in [0, 0.05) is 37.8 Å². The van der Waals surface area contributed by atoms with Gasteiger partial charge in [0.2, 0.25) is 11.8 Å². The van der Waals surface area contributed by atoms with Crippen LogP contribution in [0.25, 0.3) is 0 Å². The third kappa shape index (κ3) is 3.75. The summed E-state index contributed by atoms with van der Waals surface area (Å²) in [5.41, 5.74) is 2.15. The van der Waals surface area contributed by atoms with Gasteiger partial charge in [-0.3, -0.25) is 9.59 Å². The van der Waals surface area contributed by atoms with E-state index in [9.17, 15) is 9.59 Å². The Hall–Kier alpha value is -2.82. The van der Waals surface area contributed by atoms with Crippen LogP contribution in [0, 0.1) is 5.92 Å². The Morgan fingerprint density at radius 1 is 1.04 bits per heavy atom. The predicted molar refractivity (Wildman–Crippen MR) is 108 cm³/mol. The highest BCUT2D eigenvalue weighted by atomic mass is 16.5. The number of carbonyl (C=O) groups is 2. The molecule has 2 saturated heterocycles. The van der Waals surface area contributed by atoms with E-state index in [-0.39, 0.29) is 24.2 Å². The van der Waals surface area contributed by atoms with Crippen LogP contribution in [0.15, 0.2) is 54.6 Å². The molecule has 2 amide bonds. The highest BCUT2D eigenvalue weighted by Gasteiger charge is 2.38. The van der Waals surface area contributed by atoms with Gasteiger partial charge in [-0.1, -0.05) is 36.4 Å². The highest BCUT2D eigenvalue weighted by Crippen LogP contribution is 2.32. The maximum atomic E-state index is 13.0. The standard InChI is InChI=1S/C23H26N2O3/c1-28-21-9-5-8-20(15-21)25-16-19(14-22(25)26)23(27)24-12-10-18(11-13-24)17-6-3-2-4-7-17/h2-9,15,18-19H,10-14,16H2,1H3. The van der Waals surface area contributed by atoms with Gasteiger partial charge in [-0.2, -0.15) is 0 Å². The number of anilines is 1. The second kappa shape index (κ2) is 8.05. The summed E-state index contributed by atoms with van der Waals surface area (Å²) < 4.78 is 5.25. The molecule has 5 nitrogen and oxygen atoms in total. The van der Waals surface area contributed by atoms with Crippen molar-refractivity contribution < 1.29 is 14.3 Å². The van der Waals surface area contributed by atoms with Gasteiger partial charge < -0.3 is 14.5 Å². The highest BCUT2D eigenvalue weighted by molar-refractivity contribution is 6.00. The first kappa shape index (κ1) is 18.5. The summed E-state index contributed by atoms with van der Waals surface area (Å²) in [6.45, 7) is 1.98. The van der Waals surface area contributed by atoms with Crippen LogP contribution in [0.5, 0.6) is 5.75 Å². The Kier molecular flexibility index (Phi) is 5.33. The van der Waals surface area contributed by atoms with Crippen LogP contribution in [-0.4, -0.2) is 43.5 Å². The number of benzene rings is 2. The number of hydrogen-bond acceptors (Lipinski definition) is 3. The van der Waals surface area contributed by atoms with Crippen LogP contribution in [0.1, 0.15) is 30.7 Å². The van der Waals surface area contributed by atoms with Gasteiger partial charge in [-0.05, 0) is 36.5 Å². The lowest BCUT2D eigenvalue weighted by atomic mass is 9.89. The average Bonchev–Trinajstić information content (AvgIpc) is 3.15. The minimum Gasteiger partial charge on any atom is -0.497 e. The molecule has 0 bridgehead atoms. The summed E-state index contributed by atoms with van der Waals surface area (Å²) in [5.74, 6) is 1.09. The van der Waals surface area contributed by atoms with Gasteiger partial charge >= 0.3 is 0 Å². The van der Waals surface area contributed by atoms with E-state index in [4.69, 9.17) is 4.74 Å². The van der Waals surface area contributed by atoms with Gasteiger partial charge in [0.1, 0.15) is 5.75 Å². The fraction of sp³-hybridized carbons (Fsp3) is 0.391. The van der Waals surface area contributed by atoms with E-state index in [1.54, 1.807) is 12.0 Å². The van der Waals surface area contributed by atoms with Crippen molar-refractivity contribution >= 4 is 17.5 Å². The fourth-order valence-electron chi connectivity index (χ4n) is 4.32. The summed E-state index contributed by atoms with van der Waals surface area (Å²) in [6.07, 6.45) is 2.25. The molecule has 2 aromatic carbocycles. The summed E-state index contributed by atoms with van der Waals surface area (Å²) in [6, 6.07) is 18.0. The molecule has 2 aliphatic heterocycles. The maximum absolute atomic E-state index is 13.0. The van der Waals surface area contributed by atoms with Gasteiger partial charge in [-0.25, -0.2) is 0 Å². The van der Waals surface area contributed by atoms with E-state index in [0.717, 1.165) is 31.6 Å². The van der Waals surface area contributed by atoms with Crippen LogP contribution in [0.4, 0.5) is 5.69 Å². The monoisotopic (exact) mass is 378 g/mol. The molecule has 1 unspecified atom stereocenters. The van der Waals surface area contributed by atoms with E-state index >= 15 is 0 Å². The summed E-state index contributed by atoms with van der Waals surface area (Å²) in [4.78, 5) is 29.2. The number of ether oxygens (including phenoxy) is 1. The van der Waals surface area contributed by atoms with E-state index < -0.39 is 0 Å². The number of likely N-dealkylation sites (tertiary alicyclic amines) is 1. The summed E-state index contributed by atoms with van der Waals surface area (Å²) >= 11 is 0. The zero-order chi connectivity index (χ0) is 19.5. The van der Waals surface area contributed by atoms with Crippen LogP contribution in [0.2, 0.25) is 0 Å². The normalized spacial score (nSPS) is 20.5. The summed E-state index contributed by atoms with van der Waals surface area (Å²) in [5, 5.41) is 0. The molecule has 2 heterocycles. The first-order chi connectivity index (χ1) is 13.7. The zero-order valence-corrected chi connectivity index (χ0v) is 16.2. The third-order valence-corrected chi connectivity index (χ3v) is 5.92. The molecule has 4 rings (SSSR count). The van der Waals surface area contributed by atoms with Crippen LogP contribution in [0.3, 0.4) is 0 Å². The van der Waals surface area contributed by atoms with Crippen LogP contribution < -0.4 is 9.64 Å². The number of piperidine rings is 1. The average molecular weight is 378 g/mol. The van der Waals surface area contributed by atoms with E-state index in [2.05, 4.69) is 24.3 Å². The number of carbonyl (C=O) groups excluding carboxylic acids is 2. The Morgan fingerprint density at radius 3 is 2.50 bits per heavy atom. The Labute approximate surface area is 165 Å². The van der Waals surface area contributed by atoms with Crippen molar-refractivity contribution in [2.45, 2.75) is 25.2 Å². The second-order valence-corrected chi connectivity index (χ2v) is 7.62. The minimum absolute atomic E-state index is 0.00535. The van der Waals surface area contributed by atoms with E-state index in [1.807, 2.05) is 35.2 Å². The van der Waals surface area contributed by atoms with Crippen molar-refractivity contribution in [2.75, 3.05) is 31.6 Å². The zero-order valence-electron chi connectivity index (χ0n) is 16.2. The number of hydrogen-bond donors (Lipinski definition) is 0. The molecular formula is C23H26N2O3. The molecule has 0 radical (unpaired) electrons. The number of rotatable bonds is 4. The van der Waals surface area contributed by atoms with Gasteiger partial charge in [0.15, 0.2) is 0 Å². The molecule has 1 atom stereocenters. The van der Waals surface area contributed by atoms with E-state index in [0.29, 0.717) is 18.2 Å². The lowest BCUT2D eigenvalue weighted by molar-refractivity contribution is -0.136. The van der Waals surface area contributed by atoms with Crippen molar-refractivity contribution in [3.63, 3.8) is 0 Å². The second-order valence-electron chi connectivity index (χ2n) is 7.62.